The predicted molar refractivity (Wildman–Crippen MR) is 115 cm³/mol. The first kappa shape index (κ1) is 19.5. The van der Waals surface area contributed by atoms with E-state index in [1.165, 1.54) is 0 Å². The summed E-state index contributed by atoms with van der Waals surface area (Å²) in [6.45, 7) is 1.06. The van der Waals surface area contributed by atoms with Gasteiger partial charge in [0.1, 0.15) is 11.5 Å². The maximum Gasteiger partial charge on any atom is 0.319 e. The number of likely N-dealkylation sites (tertiary alicyclic amines) is 1. The molecule has 6 nitrogen and oxygen atoms in total. The van der Waals surface area contributed by atoms with E-state index in [0.717, 1.165) is 11.3 Å². The van der Waals surface area contributed by atoms with Gasteiger partial charge >= 0.3 is 6.03 Å². The lowest BCUT2D eigenvalue weighted by molar-refractivity contribution is -0.128. The number of carbonyl (C=O) groups excluding carboxylic acids is 2. The Morgan fingerprint density at radius 1 is 0.900 bits per heavy atom. The Hall–Kier alpha value is -3.80. The van der Waals surface area contributed by atoms with Gasteiger partial charge in [0.2, 0.25) is 5.91 Å². The SMILES string of the molecule is O=C(Nc1ccc(Oc2ccccc2)cc1)NC1CC(=O)N(Cc2ccccc2)C1. The predicted octanol–water partition coefficient (Wildman–Crippen LogP) is 4.40. The number of ether oxygens (including phenoxy) is 1. The van der Waals surface area contributed by atoms with Gasteiger partial charge < -0.3 is 20.3 Å². The van der Waals surface area contributed by atoms with Crippen LogP contribution in [0.5, 0.6) is 11.5 Å². The molecule has 0 radical (unpaired) electrons. The Kier molecular flexibility index (Phi) is 5.94. The molecule has 152 valence electrons. The first-order chi connectivity index (χ1) is 14.7. The molecule has 3 aromatic rings. The van der Waals surface area contributed by atoms with Crippen molar-refractivity contribution in [2.45, 2.75) is 19.0 Å². The van der Waals surface area contributed by atoms with Crippen molar-refractivity contribution in [3.05, 3.63) is 90.5 Å². The zero-order chi connectivity index (χ0) is 20.8. The molecule has 0 aromatic heterocycles. The highest BCUT2D eigenvalue weighted by atomic mass is 16.5. The molecule has 6 heteroatoms. The van der Waals surface area contributed by atoms with Crippen LogP contribution in [0, 0.1) is 0 Å². The molecule has 4 rings (SSSR count). The third-order valence-electron chi connectivity index (χ3n) is 4.86. The molecule has 1 unspecified atom stereocenters. The normalized spacial score (nSPS) is 15.7. The van der Waals surface area contributed by atoms with Gasteiger partial charge in [0.15, 0.2) is 0 Å². The van der Waals surface area contributed by atoms with Crippen molar-refractivity contribution in [1.29, 1.82) is 0 Å². The number of amides is 3. The van der Waals surface area contributed by atoms with Crippen LogP contribution in [0.4, 0.5) is 10.5 Å². The van der Waals surface area contributed by atoms with E-state index < -0.39 is 0 Å². The standard InChI is InChI=1S/C24H23N3O3/c28-23-15-20(17-27(23)16-18-7-3-1-4-8-18)26-24(29)25-19-11-13-22(14-12-19)30-21-9-5-2-6-10-21/h1-14,20H,15-17H2,(H2,25,26,29). The number of benzene rings is 3. The van der Waals surface area contributed by atoms with Crippen LogP contribution in [0.3, 0.4) is 0 Å². The van der Waals surface area contributed by atoms with Crippen LogP contribution in [0.25, 0.3) is 0 Å². The minimum Gasteiger partial charge on any atom is -0.457 e. The Morgan fingerprint density at radius 3 is 2.23 bits per heavy atom. The third kappa shape index (κ3) is 5.17. The van der Waals surface area contributed by atoms with E-state index in [9.17, 15) is 9.59 Å². The molecule has 3 amide bonds. The molecule has 0 aliphatic carbocycles. The molecule has 0 saturated carbocycles. The van der Waals surface area contributed by atoms with Gasteiger partial charge in [-0.2, -0.15) is 0 Å². The van der Waals surface area contributed by atoms with E-state index in [1.54, 1.807) is 29.2 Å². The fourth-order valence-corrected chi connectivity index (χ4v) is 3.41. The lowest BCUT2D eigenvalue weighted by Crippen LogP contribution is -2.39. The molecular formula is C24H23N3O3. The lowest BCUT2D eigenvalue weighted by atomic mass is 10.2. The second-order valence-corrected chi connectivity index (χ2v) is 7.20. The summed E-state index contributed by atoms with van der Waals surface area (Å²) < 4.78 is 5.75. The number of nitrogens with one attached hydrogen (secondary N) is 2. The largest absolute Gasteiger partial charge is 0.457 e. The second-order valence-electron chi connectivity index (χ2n) is 7.20. The molecule has 1 saturated heterocycles. The van der Waals surface area contributed by atoms with Gasteiger partial charge in [0.05, 0.1) is 6.04 Å². The van der Waals surface area contributed by atoms with Gasteiger partial charge in [-0.1, -0.05) is 48.5 Å². The number of hydrogen-bond donors (Lipinski definition) is 2. The Balaban J connectivity index is 1.27. The Morgan fingerprint density at radius 2 is 1.53 bits per heavy atom. The fourth-order valence-electron chi connectivity index (χ4n) is 3.41. The molecular weight excluding hydrogens is 378 g/mol. The molecule has 0 bridgehead atoms. The summed E-state index contributed by atoms with van der Waals surface area (Å²) in [6, 6.07) is 25.9. The Labute approximate surface area is 175 Å². The van der Waals surface area contributed by atoms with Crippen LogP contribution in [0.2, 0.25) is 0 Å². The highest BCUT2D eigenvalue weighted by molar-refractivity contribution is 5.90. The third-order valence-corrected chi connectivity index (χ3v) is 4.86. The highest BCUT2D eigenvalue weighted by Gasteiger charge is 2.30. The molecule has 1 heterocycles. The van der Waals surface area contributed by atoms with E-state index >= 15 is 0 Å². The topological polar surface area (TPSA) is 70.7 Å². The van der Waals surface area contributed by atoms with Crippen LogP contribution in [0.15, 0.2) is 84.9 Å². The average molecular weight is 401 g/mol. The number of anilines is 1. The van der Waals surface area contributed by atoms with E-state index in [2.05, 4.69) is 10.6 Å². The van der Waals surface area contributed by atoms with Crippen LogP contribution in [-0.4, -0.2) is 29.4 Å². The van der Waals surface area contributed by atoms with Crippen molar-refractivity contribution in [3.63, 3.8) is 0 Å². The van der Waals surface area contributed by atoms with Gasteiger partial charge in [-0.3, -0.25) is 4.79 Å². The zero-order valence-electron chi connectivity index (χ0n) is 16.5. The number of nitrogens with zero attached hydrogens (tertiary/aromatic N) is 1. The van der Waals surface area contributed by atoms with E-state index in [-0.39, 0.29) is 18.0 Å². The summed E-state index contributed by atoms with van der Waals surface area (Å²) in [6.07, 6.45) is 0.310. The minimum absolute atomic E-state index is 0.0477. The molecule has 0 spiro atoms. The van der Waals surface area contributed by atoms with Gasteiger partial charge in [-0.15, -0.1) is 0 Å². The second kappa shape index (κ2) is 9.13. The van der Waals surface area contributed by atoms with Crippen molar-refractivity contribution >= 4 is 17.6 Å². The average Bonchev–Trinajstić information content (AvgIpc) is 3.09. The lowest BCUT2D eigenvalue weighted by Gasteiger charge is -2.17. The molecule has 2 N–H and O–H groups in total. The van der Waals surface area contributed by atoms with Crippen molar-refractivity contribution in [3.8, 4) is 11.5 Å². The summed E-state index contributed by atoms with van der Waals surface area (Å²) >= 11 is 0. The number of para-hydroxylation sites is 1. The van der Waals surface area contributed by atoms with Gasteiger partial charge in [-0.05, 0) is 42.0 Å². The quantitative estimate of drug-likeness (QED) is 0.643. The summed E-state index contributed by atoms with van der Waals surface area (Å²) in [4.78, 5) is 26.4. The van der Waals surface area contributed by atoms with Crippen molar-refractivity contribution < 1.29 is 14.3 Å². The Bertz CT molecular complexity index is 991. The molecule has 1 fully saturated rings. The first-order valence-corrected chi connectivity index (χ1v) is 9.88. The maximum atomic E-state index is 12.3. The zero-order valence-corrected chi connectivity index (χ0v) is 16.5. The molecule has 1 aliphatic heterocycles. The number of hydrogen-bond acceptors (Lipinski definition) is 3. The molecule has 1 aliphatic rings. The molecule has 30 heavy (non-hydrogen) atoms. The first-order valence-electron chi connectivity index (χ1n) is 9.88. The van der Waals surface area contributed by atoms with E-state index in [1.807, 2.05) is 60.7 Å². The number of urea groups is 1. The summed E-state index contributed by atoms with van der Waals surface area (Å²) in [5, 5.41) is 5.69. The van der Waals surface area contributed by atoms with Gasteiger partial charge in [-0.25, -0.2) is 4.79 Å². The minimum atomic E-state index is -0.328. The number of carbonyl (C=O) groups is 2. The molecule has 3 aromatic carbocycles. The van der Waals surface area contributed by atoms with Gasteiger partial charge in [0.25, 0.3) is 0 Å². The maximum absolute atomic E-state index is 12.3. The fraction of sp³-hybridized carbons (Fsp3) is 0.167. The van der Waals surface area contributed by atoms with Crippen molar-refractivity contribution in [1.82, 2.24) is 10.2 Å². The monoisotopic (exact) mass is 401 g/mol. The van der Waals surface area contributed by atoms with Crippen molar-refractivity contribution in [2.24, 2.45) is 0 Å². The van der Waals surface area contributed by atoms with Crippen molar-refractivity contribution in [2.75, 3.05) is 11.9 Å². The summed E-state index contributed by atoms with van der Waals surface area (Å²) in [7, 11) is 0. The van der Waals surface area contributed by atoms with E-state index in [4.69, 9.17) is 4.74 Å². The highest BCUT2D eigenvalue weighted by Crippen LogP contribution is 2.22. The van der Waals surface area contributed by atoms with Crippen LogP contribution < -0.4 is 15.4 Å². The van der Waals surface area contributed by atoms with E-state index in [0.29, 0.717) is 30.9 Å². The molecule has 1 atom stereocenters. The summed E-state index contributed by atoms with van der Waals surface area (Å²) in [5.74, 6) is 1.48. The smallest absolute Gasteiger partial charge is 0.319 e. The van der Waals surface area contributed by atoms with Crippen LogP contribution in [-0.2, 0) is 11.3 Å². The summed E-state index contributed by atoms with van der Waals surface area (Å²) in [5.41, 5.74) is 1.73. The van der Waals surface area contributed by atoms with Crippen LogP contribution in [0.1, 0.15) is 12.0 Å². The van der Waals surface area contributed by atoms with Crippen LogP contribution >= 0.6 is 0 Å². The van der Waals surface area contributed by atoms with Gasteiger partial charge in [0, 0.05) is 25.2 Å². The number of rotatable bonds is 6.